The molecular weight excluding hydrogens is 239 g/mol. The first-order valence-corrected chi connectivity index (χ1v) is 7.43. The van der Waals surface area contributed by atoms with E-state index in [0.717, 1.165) is 24.4 Å². The molecule has 2 bridgehead atoms. The number of halogens is 1. The van der Waals surface area contributed by atoms with Crippen LogP contribution in [-0.2, 0) is 6.42 Å². The van der Waals surface area contributed by atoms with Gasteiger partial charge in [0.2, 0.25) is 0 Å². The number of hydrogen-bond acceptors (Lipinski definition) is 2. The van der Waals surface area contributed by atoms with Crippen LogP contribution in [0, 0.1) is 18.7 Å². The molecule has 1 aromatic rings. The molecule has 3 saturated heterocycles. The van der Waals surface area contributed by atoms with Crippen molar-refractivity contribution in [1.29, 1.82) is 0 Å². The summed E-state index contributed by atoms with van der Waals surface area (Å²) >= 11 is 0. The van der Waals surface area contributed by atoms with E-state index in [2.05, 4.69) is 10.2 Å². The van der Waals surface area contributed by atoms with E-state index in [1.165, 1.54) is 38.0 Å². The number of hydrogen-bond donors (Lipinski definition) is 1. The fourth-order valence-corrected chi connectivity index (χ4v) is 3.53. The summed E-state index contributed by atoms with van der Waals surface area (Å²) < 4.78 is 13.0. The maximum absolute atomic E-state index is 13.0. The van der Waals surface area contributed by atoms with Crippen LogP contribution in [0.5, 0.6) is 0 Å². The molecule has 2 nitrogen and oxygen atoms in total. The second-order valence-electron chi connectivity index (χ2n) is 6.02. The summed E-state index contributed by atoms with van der Waals surface area (Å²) in [5.74, 6) is 0.742. The molecule has 3 aliphatic rings. The topological polar surface area (TPSA) is 15.3 Å². The molecular formula is C16H23FN2. The van der Waals surface area contributed by atoms with Crippen LogP contribution in [0.3, 0.4) is 0 Å². The van der Waals surface area contributed by atoms with Crippen molar-refractivity contribution in [2.75, 3.05) is 26.2 Å². The van der Waals surface area contributed by atoms with Gasteiger partial charge in [-0.05, 0) is 75.0 Å². The molecule has 0 aromatic heterocycles. The minimum atomic E-state index is -0.133. The Labute approximate surface area is 115 Å². The predicted octanol–water partition coefficient (Wildman–Crippen LogP) is 2.36. The van der Waals surface area contributed by atoms with Gasteiger partial charge in [-0.3, -0.25) is 0 Å². The van der Waals surface area contributed by atoms with Gasteiger partial charge in [-0.15, -0.1) is 0 Å². The normalized spacial score (nSPS) is 29.7. The van der Waals surface area contributed by atoms with Crippen molar-refractivity contribution < 1.29 is 4.39 Å². The molecule has 3 aliphatic heterocycles. The summed E-state index contributed by atoms with van der Waals surface area (Å²) in [6.07, 6.45) is 3.70. The summed E-state index contributed by atoms with van der Waals surface area (Å²) in [6.45, 7) is 6.79. The minimum Gasteiger partial charge on any atom is -0.312 e. The summed E-state index contributed by atoms with van der Waals surface area (Å²) in [5, 5.41) is 3.71. The van der Waals surface area contributed by atoms with E-state index in [1.54, 1.807) is 12.1 Å². The molecule has 0 spiro atoms. The number of fused-ring (bicyclic) bond motifs is 3. The van der Waals surface area contributed by atoms with E-state index in [4.69, 9.17) is 0 Å². The number of piperidine rings is 3. The third-order valence-electron chi connectivity index (χ3n) is 4.76. The molecule has 0 radical (unpaired) electrons. The van der Waals surface area contributed by atoms with Crippen molar-refractivity contribution in [2.45, 2.75) is 32.2 Å². The monoisotopic (exact) mass is 262 g/mol. The summed E-state index contributed by atoms with van der Waals surface area (Å²) in [7, 11) is 0. The van der Waals surface area contributed by atoms with Crippen LogP contribution in [0.15, 0.2) is 18.2 Å². The molecule has 1 aromatic carbocycles. The number of nitrogens with one attached hydrogen (secondary N) is 1. The first-order chi connectivity index (χ1) is 9.22. The van der Waals surface area contributed by atoms with Crippen LogP contribution >= 0.6 is 0 Å². The Morgan fingerprint density at radius 1 is 1.32 bits per heavy atom. The van der Waals surface area contributed by atoms with Crippen LogP contribution in [0.4, 0.5) is 4.39 Å². The van der Waals surface area contributed by atoms with Crippen LogP contribution in [0.25, 0.3) is 0 Å². The van der Waals surface area contributed by atoms with Gasteiger partial charge >= 0.3 is 0 Å². The average molecular weight is 262 g/mol. The highest BCUT2D eigenvalue weighted by Crippen LogP contribution is 2.27. The van der Waals surface area contributed by atoms with Gasteiger partial charge in [0.15, 0.2) is 0 Å². The lowest BCUT2D eigenvalue weighted by molar-refractivity contribution is 0.0731. The molecule has 4 rings (SSSR count). The number of benzene rings is 1. The van der Waals surface area contributed by atoms with Crippen molar-refractivity contribution >= 4 is 0 Å². The van der Waals surface area contributed by atoms with Crippen molar-refractivity contribution in [3.63, 3.8) is 0 Å². The summed E-state index contributed by atoms with van der Waals surface area (Å²) in [5.41, 5.74) is 2.32. The number of aryl methyl sites for hydroxylation is 1. The van der Waals surface area contributed by atoms with Gasteiger partial charge in [0.25, 0.3) is 0 Å². The quantitative estimate of drug-likeness (QED) is 0.896. The molecule has 0 saturated carbocycles. The Bertz CT molecular complexity index is 438. The van der Waals surface area contributed by atoms with Gasteiger partial charge in [0.1, 0.15) is 5.82 Å². The Kier molecular flexibility index (Phi) is 3.85. The highest BCUT2D eigenvalue weighted by atomic mass is 19.1. The highest BCUT2D eigenvalue weighted by molar-refractivity contribution is 5.26. The van der Waals surface area contributed by atoms with Crippen molar-refractivity contribution in [3.05, 3.63) is 35.1 Å². The molecule has 0 aliphatic carbocycles. The fourth-order valence-electron chi connectivity index (χ4n) is 3.53. The summed E-state index contributed by atoms with van der Waals surface area (Å²) in [4.78, 5) is 2.57. The summed E-state index contributed by atoms with van der Waals surface area (Å²) in [6, 6.07) is 5.78. The molecule has 3 fully saturated rings. The van der Waals surface area contributed by atoms with Gasteiger partial charge < -0.3 is 10.2 Å². The van der Waals surface area contributed by atoms with Crippen LogP contribution in [0.2, 0.25) is 0 Å². The standard InChI is InChI=1S/C16H23FN2/c1-12-10-15(17)3-2-13(12)4-7-18-16-11-19-8-5-14(16)6-9-19/h2-3,10,14,16,18H,4-9,11H2,1H3. The van der Waals surface area contributed by atoms with E-state index < -0.39 is 0 Å². The lowest BCUT2D eigenvalue weighted by atomic mass is 9.84. The highest BCUT2D eigenvalue weighted by Gasteiger charge is 2.33. The van der Waals surface area contributed by atoms with Crippen molar-refractivity contribution in [2.24, 2.45) is 5.92 Å². The largest absolute Gasteiger partial charge is 0.312 e. The van der Waals surface area contributed by atoms with E-state index in [-0.39, 0.29) is 5.82 Å². The predicted molar refractivity (Wildman–Crippen MR) is 75.8 cm³/mol. The third-order valence-corrected chi connectivity index (χ3v) is 4.76. The fraction of sp³-hybridized carbons (Fsp3) is 0.625. The minimum absolute atomic E-state index is 0.133. The molecule has 0 amide bonds. The second-order valence-corrected chi connectivity index (χ2v) is 6.02. The van der Waals surface area contributed by atoms with Crippen LogP contribution < -0.4 is 5.32 Å². The van der Waals surface area contributed by atoms with Gasteiger partial charge in [-0.1, -0.05) is 6.07 Å². The van der Waals surface area contributed by atoms with E-state index in [1.807, 2.05) is 13.0 Å². The molecule has 19 heavy (non-hydrogen) atoms. The van der Waals surface area contributed by atoms with E-state index >= 15 is 0 Å². The van der Waals surface area contributed by atoms with E-state index in [9.17, 15) is 4.39 Å². The zero-order valence-corrected chi connectivity index (χ0v) is 11.7. The zero-order valence-electron chi connectivity index (χ0n) is 11.7. The number of rotatable bonds is 4. The SMILES string of the molecule is Cc1cc(F)ccc1CCNC1CN2CCC1CC2. The Morgan fingerprint density at radius 2 is 2.11 bits per heavy atom. The molecule has 1 atom stereocenters. The first kappa shape index (κ1) is 13.1. The maximum Gasteiger partial charge on any atom is 0.123 e. The Balaban J connectivity index is 1.50. The van der Waals surface area contributed by atoms with Crippen molar-refractivity contribution in [3.8, 4) is 0 Å². The first-order valence-electron chi connectivity index (χ1n) is 7.43. The zero-order chi connectivity index (χ0) is 13.2. The van der Waals surface area contributed by atoms with Crippen LogP contribution in [0.1, 0.15) is 24.0 Å². The molecule has 104 valence electrons. The van der Waals surface area contributed by atoms with Gasteiger partial charge in [-0.2, -0.15) is 0 Å². The van der Waals surface area contributed by atoms with Gasteiger partial charge in [-0.25, -0.2) is 4.39 Å². The van der Waals surface area contributed by atoms with E-state index in [0.29, 0.717) is 6.04 Å². The smallest absolute Gasteiger partial charge is 0.123 e. The van der Waals surface area contributed by atoms with Crippen LogP contribution in [-0.4, -0.2) is 37.1 Å². The molecule has 3 heterocycles. The molecule has 1 unspecified atom stereocenters. The number of nitrogens with zero attached hydrogens (tertiary/aromatic N) is 1. The van der Waals surface area contributed by atoms with Gasteiger partial charge in [0, 0.05) is 12.6 Å². The Hall–Kier alpha value is -0.930. The third kappa shape index (κ3) is 2.98. The average Bonchev–Trinajstić information content (AvgIpc) is 2.43. The molecule has 1 N–H and O–H groups in total. The lowest BCUT2D eigenvalue weighted by Crippen LogP contribution is -2.56. The second kappa shape index (κ2) is 5.59. The molecule has 3 heteroatoms. The van der Waals surface area contributed by atoms with Crippen molar-refractivity contribution in [1.82, 2.24) is 10.2 Å². The van der Waals surface area contributed by atoms with Gasteiger partial charge in [0.05, 0.1) is 0 Å². The lowest BCUT2D eigenvalue weighted by Gasteiger charge is -2.45. The maximum atomic E-state index is 13.0. The Morgan fingerprint density at radius 3 is 2.74 bits per heavy atom.